The van der Waals surface area contributed by atoms with Gasteiger partial charge in [-0.15, -0.1) is 0 Å². The van der Waals surface area contributed by atoms with E-state index in [9.17, 15) is 4.79 Å². The van der Waals surface area contributed by atoms with Crippen molar-refractivity contribution < 1.29 is 4.79 Å². The van der Waals surface area contributed by atoms with Gasteiger partial charge in [0.15, 0.2) is 4.80 Å². The van der Waals surface area contributed by atoms with Gasteiger partial charge in [-0.25, -0.2) is 0 Å². The van der Waals surface area contributed by atoms with E-state index in [1.807, 2.05) is 48.0 Å². The minimum absolute atomic E-state index is 0.247. The van der Waals surface area contributed by atoms with Crippen LogP contribution in [0.2, 0.25) is 0 Å². The Labute approximate surface area is 132 Å². The van der Waals surface area contributed by atoms with E-state index >= 15 is 0 Å². The third-order valence-corrected chi connectivity index (χ3v) is 4.55. The number of carbonyl (C=O) groups is 1. The van der Waals surface area contributed by atoms with Crippen LogP contribution in [0.4, 0.5) is 0 Å². The number of aromatic nitrogens is 1. The Bertz CT molecular complexity index is 917. The number of nitrogens with zero attached hydrogens (tertiary/aromatic N) is 2. The quantitative estimate of drug-likeness (QED) is 0.665. The zero-order chi connectivity index (χ0) is 15.5. The van der Waals surface area contributed by atoms with Crippen LogP contribution in [0.1, 0.15) is 11.1 Å². The Morgan fingerprint density at radius 1 is 1.14 bits per heavy atom. The zero-order valence-electron chi connectivity index (χ0n) is 12.5. The molecule has 1 aromatic heterocycles. The molecular formula is C18H16N2OS. The molecule has 0 N–H and O–H groups in total. The SMILES string of the molecule is Cc1cccc2sc(=NC(=O)C=Cc3ccccc3)n(C)c12. The van der Waals surface area contributed by atoms with Gasteiger partial charge in [0.1, 0.15) is 0 Å². The van der Waals surface area contributed by atoms with E-state index in [-0.39, 0.29) is 5.91 Å². The molecule has 0 bridgehead atoms. The number of para-hydroxylation sites is 1. The molecule has 3 aromatic rings. The van der Waals surface area contributed by atoms with E-state index < -0.39 is 0 Å². The molecule has 1 amide bonds. The van der Waals surface area contributed by atoms with Gasteiger partial charge in [0, 0.05) is 13.1 Å². The molecule has 0 fully saturated rings. The summed E-state index contributed by atoms with van der Waals surface area (Å²) in [7, 11) is 1.94. The van der Waals surface area contributed by atoms with Crippen molar-refractivity contribution in [2.24, 2.45) is 12.0 Å². The molecule has 3 rings (SSSR count). The third-order valence-electron chi connectivity index (χ3n) is 3.45. The summed E-state index contributed by atoms with van der Waals surface area (Å²) in [6, 6.07) is 15.9. The lowest BCUT2D eigenvalue weighted by atomic mass is 10.2. The fourth-order valence-electron chi connectivity index (χ4n) is 2.37. The van der Waals surface area contributed by atoms with Gasteiger partial charge in [0.25, 0.3) is 5.91 Å². The van der Waals surface area contributed by atoms with Gasteiger partial charge >= 0.3 is 0 Å². The molecule has 0 saturated heterocycles. The Morgan fingerprint density at radius 3 is 2.64 bits per heavy atom. The van der Waals surface area contributed by atoms with Gasteiger partial charge in [0.2, 0.25) is 0 Å². The molecule has 2 aromatic carbocycles. The lowest BCUT2D eigenvalue weighted by Crippen LogP contribution is -2.12. The molecule has 0 unspecified atom stereocenters. The van der Waals surface area contributed by atoms with E-state index in [1.54, 1.807) is 6.08 Å². The molecule has 0 aliphatic heterocycles. The Balaban J connectivity index is 1.95. The van der Waals surface area contributed by atoms with Crippen LogP contribution in [-0.2, 0) is 11.8 Å². The number of carbonyl (C=O) groups excluding carboxylic acids is 1. The Morgan fingerprint density at radius 2 is 1.91 bits per heavy atom. The normalized spacial score (nSPS) is 12.4. The second-order valence-electron chi connectivity index (χ2n) is 5.06. The standard InChI is InChI=1S/C18H16N2OS/c1-13-7-6-10-15-17(13)20(2)18(22-15)19-16(21)12-11-14-8-4-3-5-9-14/h3-12H,1-2H3. The van der Waals surface area contributed by atoms with Crippen molar-refractivity contribution in [3.8, 4) is 0 Å². The fourth-order valence-corrected chi connectivity index (χ4v) is 3.47. The van der Waals surface area contributed by atoms with Crippen LogP contribution in [0.5, 0.6) is 0 Å². The number of thiazole rings is 1. The Hall–Kier alpha value is -2.46. The first kappa shape index (κ1) is 14.5. The van der Waals surface area contributed by atoms with Crippen LogP contribution in [0.3, 0.4) is 0 Å². The van der Waals surface area contributed by atoms with Gasteiger partial charge in [0.05, 0.1) is 10.2 Å². The average Bonchev–Trinajstić information content (AvgIpc) is 2.84. The first-order valence-electron chi connectivity index (χ1n) is 7.02. The second-order valence-corrected chi connectivity index (χ2v) is 6.07. The third kappa shape index (κ3) is 2.92. The van der Waals surface area contributed by atoms with Crippen LogP contribution in [-0.4, -0.2) is 10.5 Å². The van der Waals surface area contributed by atoms with Gasteiger partial charge in [-0.2, -0.15) is 4.99 Å². The topological polar surface area (TPSA) is 34.4 Å². The largest absolute Gasteiger partial charge is 0.319 e. The Kier molecular flexibility index (Phi) is 4.02. The minimum Gasteiger partial charge on any atom is -0.319 e. The van der Waals surface area contributed by atoms with Crippen molar-refractivity contribution in [1.82, 2.24) is 4.57 Å². The summed E-state index contributed by atoms with van der Waals surface area (Å²) in [5.41, 5.74) is 3.30. The first-order chi connectivity index (χ1) is 10.6. The lowest BCUT2D eigenvalue weighted by molar-refractivity contribution is -0.113. The summed E-state index contributed by atoms with van der Waals surface area (Å²) < 4.78 is 3.12. The molecule has 1 heterocycles. The number of amides is 1. The van der Waals surface area contributed by atoms with E-state index in [1.165, 1.54) is 23.0 Å². The molecule has 22 heavy (non-hydrogen) atoms. The summed E-state index contributed by atoms with van der Waals surface area (Å²) >= 11 is 1.53. The van der Waals surface area contributed by atoms with Crippen LogP contribution >= 0.6 is 11.3 Å². The number of hydrogen-bond acceptors (Lipinski definition) is 2. The van der Waals surface area contributed by atoms with Crippen LogP contribution in [0, 0.1) is 6.92 Å². The van der Waals surface area contributed by atoms with Crippen LogP contribution < -0.4 is 4.80 Å². The molecule has 0 spiro atoms. The molecule has 3 nitrogen and oxygen atoms in total. The second kappa shape index (κ2) is 6.12. The van der Waals surface area contributed by atoms with Crippen molar-refractivity contribution in [1.29, 1.82) is 0 Å². The summed E-state index contributed by atoms with van der Waals surface area (Å²) in [6.07, 6.45) is 3.29. The van der Waals surface area contributed by atoms with Crippen molar-refractivity contribution in [2.75, 3.05) is 0 Å². The average molecular weight is 308 g/mol. The molecule has 0 aliphatic carbocycles. The molecule has 0 radical (unpaired) electrons. The molecule has 0 atom stereocenters. The van der Waals surface area contributed by atoms with Crippen molar-refractivity contribution in [3.63, 3.8) is 0 Å². The van der Waals surface area contributed by atoms with Gasteiger partial charge < -0.3 is 4.57 Å². The highest BCUT2D eigenvalue weighted by atomic mass is 32.1. The van der Waals surface area contributed by atoms with E-state index in [0.29, 0.717) is 4.80 Å². The molecule has 110 valence electrons. The van der Waals surface area contributed by atoms with Gasteiger partial charge in [-0.05, 0) is 30.2 Å². The molecular weight excluding hydrogens is 292 g/mol. The number of fused-ring (bicyclic) bond motifs is 1. The summed E-state index contributed by atoms with van der Waals surface area (Å²) in [4.78, 5) is 17.0. The van der Waals surface area contributed by atoms with Crippen molar-refractivity contribution in [3.05, 3.63) is 70.5 Å². The lowest BCUT2D eigenvalue weighted by Gasteiger charge is -1.98. The highest BCUT2D eigenvalue weighted by Crippen LogP contribution is 2.19. The number of hydrogen-bond donors (Lipinski definition) is 0. The van der Waals surface area contributed by atoms with Gasteiger partial charge in [-0.1, -0.05) is 53.8 Å². The van der Waals surface area contributed by atoms with Crippen molar-refractivity contribution in [2.45, 2.75) is 6.92 Å². The molecule has 0 aliphatic rings. The molecule has 4 heteroatoms. The number of rotatable bonds is 2. The summed E-state index contributed by atoms with van der Waals surface area (Å²) in [5, 5.41) is 0. The minimum atomic E-state index is -0.247. The monoisotopic (exact) mass is 308 g/mol. The first-order valence-corrected chi connectivity index (χ1v) is 7.84. The highest BCUT2D eigenvalue weighted by molar-refractivity contribution is 7.16. The zero-order valence-corrected chi connectivity index (χ0v) is 13.3. The van der Waals surface area contributed by atoms with E-state index in [0.717, 1.165) is 15.8 Å². The summed E-state index contributed by atoms with van der Waals surface area (Å²) in [5.74, 6) is -0.247. The van der Waals surface area contributed by atoms with E-state index in [4.69, 9.17) is 0 Å². The smallest absolute Gasteiger partial charge is 0.272 e. The summed E-state index contributed by atoms with van der Waals surface area (Å²) in [6.45, 7) is 2.07. The fraction of sp³-hybridized carbons (Fsp3) is 0.111. The predicted octanol–water partition coefficient (Wildman–Crippen LogP) is 3.69. The number of benzene rings is 2. The van der Waals surface area contributed by atoms with Crippen molar-refractivity contribution >= 4 is 33.5 Å². The maximum absolute atomic E-state index is 12.0. The maximum Gasteiger partial charge on any atom is 0.272 e. The molecule has 0 saturated carbocycles. The van der Waals surface area contributed by atoms with Crippen LogP contribution in [0.15, 0.2) is 59.6 Å². The van der Waals surface area contributed by atoms with E-state index in [2.05, 4.69) is 24.0 Å². The van der Waals surface area contributed by atoms with Crippen LogP contribution in [0.25, 0.3) is 16.3 Å². The van der Waals surface area contributed by atoms with Gasteiger partial charge in [-0.3, -0.25) is 4.79 Å². The number of aryl methyl sites for hydroxylation is 2. The predicted molar refractivity (Wildman–Crippen MR) is 91.6 cm³/mol. The maximum atomic E-state index is 12.0. The highest BCUT2D eigenvalue weighted by Gasteiger charge is 2.05.